The van der Waals surface area contributed by atoms with Gasteiger partial charge in [-0.2, -0.15) is 9.78 Å². The standard InChI is InChI=1S/C20H16Br2ClN3O3/c1-10(2)19-25-17-5-4-13(21)7-15(17)20(28)26(19)24-9-12-6-14(23)8-16(22)18(12)29-11(3)27/h4-10H,1-3H3. The van der Waals surface area contributed by atoms with Crippen LogP contribution >= 0.6 is 43.5 Å². The second-order valence-electron chi connectivity index (χ2n) is 6.55. The zero-order chi connectivity index (χ0) is 21.3. The third-order valence-electron chi connectivity index (χ3n) is 3.94. The minimum Gasteiger partial charge on any atom is -0.425 e. The average Bonchev–Trinajstić information content (AvgIpc) is 2.63. The topological polar surface area (TPSA) is 73.5 Å². The first-order valence-electron chi connectivity index (χ1n) is 8.61. The highest BCUT2D eigenvalue weighted by Gasteiger charge is 2.15. The van der Waals surface area contributed by atoms with Gasteiger partial charge in [0.2, 0.25) is 0 Å². The SMILES string of the molecule is CC(=O)Oc1c(Br)cc(Cl)cc1C=Nn1c(C(C)C)nc2ccc(Br)cc2c1=O. The lowest BCUT2D eigenvalue weighted by Gasteiger charge is -2.12. The van der Waals surface area contributed by atoms with Gasteiger partial charge in [0.1, 0.15) is 5.82 Å². The Morgan fingerprint density at radius 1 is 1.28 bits per heavy atom. The van der Waals surface area contributed by atoms with Crippen LogP contribution in [-0.4, -0.2) is 21.8 Å². The number of hydrogen-bond acceptors (Lipinski definition) is 5. The lowest BCUT2D eigenvalue weighted by atomic mass is 10.2. The lowest BCUT2D eigenvalue weighted by Crippen LogP contribution is -2.23. The van der Waals surface area contributed by atoms with Crippen LogP contribution in [0.15, 0.2) is 49.2 Å². The van der Waals surface area contributed by atoms with E-state index in [4.69, 9.17) is 16.3 Å². The van der Waals surface area contributed by atoms with Gasteiger partial charge in [0, 0.05) is 27.9 Å². The zero-order valence-electron chi connectivity index (χ0n) is 15.7. The zero-order valence-corrected chi connectivity index (χ0v) is 19.7. The van der Waals surface area contributed by atoms with Gasteiger partial charge in [-0.15, -0.1) is 0 Å². The number of fused-ring (bicyclic) bond motifs is 1. The summed E-state index contributed by atoms with van der Waals surface area (Å²) in [4.78, 5) is 29.2. The highest BCUT2D eigenvalue weighted by molar-refractivity contribution is 9.10. The molecule has 0 unspecified atom stereocenters. The minimum atomic E-state index is -0.486. The van der Waals surface area contributed by atoms with Crippen molar-refractivity contribution in [2.75, 3.05) is 0 Å². The molecule has 0 bridgehead atoms. The number of rotatable bonds is 4. The summed E-state index contributed by atoms with van der Waals surface area (Å²) in [5, 5.41) is 5.22. The van der Waals surface area contributed by atoms with Crippen LogP contribution < -0.4 is 10.3 Å². The molecule has 0 atom stereocenters. The van der Waals surface area contributed by atoms with E-state index in [0.29, 0.717) is 31.8 Å². The maximum absolute atomic E-state index is 13.1. The van der Waals surface area contributed by atoms with Crippen molar-refractivity contribution in [3.05, 3.63) is 66.0 Å². The van der Waals surface area contributed by atoms with Crippen LogP contribution in [0, 0.1) is 0 Å². The normalized spacial score (nSPS) is 11.6. The molecule has 0 N–H and O–H groups in total. The van der Waals surface area contributed by atoms with Gasteiger partial charge in [0.15, 0.2) is 5.75 Å². The van der Waals surface area contributed by atoms with Crippen molar-refractivity contribution in [2.24, 2.45) is 5.10 Å². The Morgan fingerprint density at radius 2 is 2.00 bits per heavy atom. The van der Waals surface area contributed by atoms with Crippen molar-refractivity contribution in [3.63, 3.8) is 0 Å². The van der Waals surface area contributed by atoms with Gasteiger partial charge in [-0.3, -0.25) is 9.59 Å². The molecule has 0 aliphatic rings. The molecule has 1 heterocycles. The van der Waals surface area contributed by atoms with Gasteiger partial charge in [-0.25, -0.2) is 4.98 Å². The Labute approximate surface area is 188 Å². The van der Waals surface area contributed by atoms with E-state index in [1.165, 1.54) is 17.8 Å². The second kappa shape index (κ2) is 8.77. The Balaban J connectivity index is 2.21. The first-order valence-corrected chi connectivity index (χ1v) is 10.6. The fourth-order valence-corrected chi connectivity index (χ4v) is 3.97. The molecule has 29 heavy (non-hydrogen) atoms. The second-order valence-corrected chi connectivity index (χ2v) is 8.75. The molecule has 3 rings (SSSR count). The summed E-state index contributed by atoms with van der Waals surface area (Å²) >= 11 is 12.8. The number of carbonyl (C=O) groups excluding carboxylic acids is 1. The number of hydrogen-bond donors (Lipinski definition) is 0. The Kier molecular flexibility index (Phi) is 6.55. The first kappa shape index (κ1) is 21.7. The van der Waals surface area contributed by atoms with E-state index >= 15 is 0 Å². The largest absolute Gasteiger partial charge is 0.425 e. The van der Waals surface area contributed by atoms with E-state index in [2.05, 4.69) is 41.9 Å². The number of esters is 1. The molecule has 0 amide bonds. The molecular formula is C20H16Br2ClN3O3. The highest BCUT2D eigenvalue weighted by atomic mass is 79.9. The van der Waals surface area contributed by atoms with Gasteiger partial charge in [0.25, 0.3) is 5.56 Å². The summed E-state index contributed by atoms with van der Waals surface area (Å²) < 4.78 is 7.79. The molecule has 150 valence electrons. The predicted molar refractivity (Wildman–Crippen MR) is 121 cm³/mol. The van der Waals surface area contributed by atoms with Gasteiger partial charge < -0.3 is 4.74 Å². The molecule has 6 nitrogen and oxygen atoms in total. The van der Waals surface area contributed by atoms with E-state index in [0.717, 1.165) is 4.47 Å². The quantitative estimate of drug-likeness (QED) is 0.248. The molecule has 0 fully saturated rings. The van der Waals surface area contributed by atoms with Crippen LogP contribution in [0.4, 0.5) is 0 Å². The van der Waals surface area contributed by atoms with Gasteiger partial charge in [0.05, 0.1) is 21.6 Å². The molecule has 0 saturated carbocycles. The number of benzene rings is 2. The first-order chi connectivity index (χ1) is 13.7. The van der Waals surface area contributed by atoms with Gasteiger partial charge in [-0.05, 0) is 46.3 Å². The van der Waals surface area contributed by atoms with Crippen LogP contribution in [0.25, 0.3) is 10.9 Å². The van der Waals surface area contributed by atoms with Crippen LogP contribution in [0.1, 0.15) is 38.1 Å². The summed E-state index contributed by atoms with van der Waals surface area (Å²) in [5.41, 5.74) is 0.737. The number of aromatic nitrogens is 2. The van der Waals surface area contributed by atoms with E-state index < -0.39 is 5.97 Å². The van der Waals surface area contributed by atoms with Crippen molar-refractivity contribution < 1.29 is 9.53 Å². The molecule has 0 aliphatic heterocycles. The molecule has 9 heteroatoms. The van der Waals surface area contributed by atoms with E-state index in [1.54, 1.807) is 24.3 Å². The average molecular weight is 542 g/mol. The minimum absolute atomic E-state index is 0.0491. The number of carbonyl (C=O) groups is 1. The molecule has 0 aliphatic carbocycles. The van der Waals surface area contributed by atoms with E-state index in [1.807, 2.05) is 19.9 Å². The number of halogens is 3. The maximum Gasteiger partial charge on any atom is 0.308 e. The van der Waals surface area contributed by atoms with Crippen molar-refractivity contribution in [1.29, 1.82) is 0 Å². The fourth-order valence-electron chi connectivity index (χ4n) is 2.70. The molecular weight excluding hydrogens is 525 g/mol. The molecule has 0 saturated heterocycles. The van der Waals surface area contributed by atoms with Gasteiger partial charge in [-0.1, -0.05) is 41.4 Å². The smallest absolute Gasteiger partial charge is 0.308 e. The van der Waals surface area contributed by atoms with Crippen LogP contribution in [0.2, 0.25) is 5.02 Å². The summed E-state index contributed by atoms with van der Waals surface area (Å²) in [6.07, 6.45) is 1.42. The lowest BCUT2D eigenvalue weighted by molar-refractivity contribution is -0.131. The van der Waals surface area contributed by atoms with E-state index in [-0.39, 0.29) is 17.2 Å². The maximum atomic E-state index is 13.1. The van der Waals surface area contributed by atoms with Crippen LogP contribution in [0.3, 0.4) is 0 Å². The molecule has 0 spiro atoms. The van der Waals surface area contributed by atoms with E-state index in [9.17, 15) is 9.59 Å². The third kappa shape index (κ3) is 4.76. The molecule has 2 aromatic carbocycles. The Hall–Kier alpha value is -2.03. The van der Waals surface area contributed by atoms with Gasteiger partial charge >= 0.3 is 5.97 Å². The Bertz CT molecular complexity index is 1210. The Morgan fingerprint density at radius 3 is 2.66 bits per heavy atom. The summed E-state index contributed by atoms with van der Waals surface area (Å²) in [7, 11) is 0. The van der Waals surface area contributed by atoms with Crippen molar-refractivity contribution in [3.8, 4) is 5.75 Å². The summed E-state index contributed by atoms with van der Waals surface area (Å²) in [5.74, 6) is 0.240. The molecule has 1 aromatic heterocycles. The highest BCUT2D eigenvalue weighted by Crippen LogP contribution is 2.32. The third-order valence-corrected chi connectivity index (χ3v) is 5.25. The summed E-state index contributed by atoms with van der Waals surface area (Å²) in [6.45, 7) is 5.16. The van der Waals surface area contributed by atoms with Crippen LogP contribution in [0.5, 0.6) is 5.75 Å². The fraction of sp³-hybridized carbons (Fsp3) is 0.200. The summed E-state index contributed by atoms with van der Waals surface area (Å²) in [6, 6.07) is 8.54. The monoisotopic (exact) mass is 539 g/mol. The predicted octanol–water partition coefficient (Wildman–Crippen LogP) is 5.51. The van der Waals surface area contributed by atoms with Crippen LogP contribution in [-0.2, 0) is 4.79 Å². The molecule has 3 aromatic rings. The van der Waals surface area contributed by atoms with Crippen molar-refractivity contribution in [2.45, 2.75) is 26.7 Å². The molecule has 0 radical (unpaired) electrons. The van der Waals surface area contributed by atoms with Crippen molar-refractivity contribution in [1.82, 2.24) is 9.66 Å². The number of ether oxygens (including phenoxy) is 1. The van der Waals surface area contributed by atoms with Crippen molar-refractivity contribution >= 4 is 66.5 Å². The number of nitrogens with zero attached hydrogens (tertiary/aromatic N) is 3.